The third-order valence-corrected chi connectivity index (χ3v) is 6.19. The Bertz CT molecular complexity index is 1100. The monoisotopic (exact) mass is 469 g/mol. The normalized spacial score (nSPS) is 17.7. The van der Waals surface area contributed by atoms with Gasteiger partial charge in [-0.15, -0.1) is 0 Å². The van der Waals surface area contributed by atoms with Crippen molar-refractivity contribution in [2.45, 2.75) is 50.7 Å². The van der Waals surface area contributed by atoms with E-state index in [1.54, 1.807) is 25.2 Å². The van der Waals surface area contributed by atoms with Crippen LogP contribution in [-0.4, -0.2) is 59.0 Å². The molecule has 1 atom stereocenters. The van der Waals surface area contributed by atoms with Gasteiger partial charge in [-0.25, -0.2) is 0 Å². The van der Waals surface area contributed by atoms with E-state index < -0.39 is 28.9 Å². The van der Waals surface area contributed by atoms with Gasteiger partial charge in [-0.1, -0.05) is 6.07 Å². The first kappa shape index (κ1) is 23.9. The molecule has 34 heavy (non-hydrogen) atoms. The topological polar surface area (TPSA) is 124 Å². The van der Waals surface area contributed by atoms with Crippen molar-refractivity contribution in [3.8, 4) is 0 Å². The van der Waals surface area contributed by atoms with E-state index in [4.69, 9.17) is 9.47 Å². The predicted molar refractivity (Wildman–Crippen MR) is 126 cm³/mol. The molecule has 0 saturated carbocycles. The second-order valence-electron chi connectivity index (χ2n) is 9.69. The smallest absolute Gasteiger partial charge is 0.270 e. The fraction of sp³-hybridized carbons (Fsp3) is 0.500. The van der Waals surface area contributed by atoms with Gasteiger partial charge < -0.3 is 25.4 Å². The molecule has 1 unspecified atom stereocenters. The van der Waals surface area contributed by atoms with Crippen molar-refractivity contribution >= 4 is 29.1 Å². The van der Waals surface area contributed by atoms with Crippen LogP contribution in [0, 0.1) is 0 Å². The van der Waals surface area contributed by atoms with Gasteiger partial charge in [-0.05, 0) is 57.4 Å². The number of nitrogens with zero attached hydrogens (tertiary/aromatic N) is 2. The van der Waals surface area contributed by atoms with E-state index in [9.17, 15) is 14.4 Å². The molecular weight excluding hydrogens is 438 g/mol. The minimum Gasteiger partial charge on any atom is -0.381 e. The highest BCUT2D eigenvalue weighted by atomic mass is 16.5. The highest BCUT2D eigenvalue weighted by Gasteiger charge is 2.47. The van der Waals surface area contributed by atoms with Gasteiger partial charge in [-0.3, -0.25) is 19.1 Å². The van der Waals surface area contributed by atoms with Crippen molar-refractivity contribution in [3.05, 3.63) is 41.7 Å². The Hall–Kier alpha value is -3.24. The number of fused-ring (bicyclic) bond motifs is 2. The molecule has 1 spiro atoms. The zero-order chi connectivity index (χ0) is 24.5. The lowest BCUT2D eigenvalue weighted by molar-refractivity contribution is -0.124. The van der Waals surface area contributed by atoms with Crippen molar-refractivity contribution < 1.29 is 23.9 Å². The largest absolute Gasteiger partial charge is 0.381 e. The minimum absolute atomic E-state index is 0.0102. The number of carbonyl (C=O) groups is 3. The van der Waals surface area contributed by atoms with Crippen LogP contribution in [0.4, 0.5) is 11.4 Å². The molecule has 182 valence electrons. The van der Waals surface area contributed by atoms with E-state index in [2.05, 4.69) is 21.0 Å². The maximum atomic E-state index is 13.1. The Morgan fingerprint density at radius 3 is 2.65 bits per heavy atom. The van der Waals surface area contributed by atoms with Gasteiger partial charge in [0, 0.05) is 37.8 Å². The summed E-state index contributed by atoms with van der Waals surface area (Å²) in [5, 5.41) is 12.5. The molecule has 2 aliphatic rings. The van der Waals surface area contributed by atoms with E-state index in [0.717, 1.165) is 5.56 Å². The summed E-state index contributed by atoms with van der Waals surface area (Å²) in [6, 6.07) is 6.04. The van der Waals surface area contributed by atoms with Gasteiger partial charge in [0.15, 0.2) is 0 Å². The number of hydrogen-bond acceptors (Lipinski definition) is 6. The van der Waals surface area contributed by atoms with Crippen LogP contribution in [0.15, 0.2) is 30.5 Å². The van der Waals surface area contributed by atoms with Gasteiger partial charge in [0.25, 0.3) is 5.91 Å². The predicted octanol–water partition coefficient (Wildman–Crippen LogP) is 1.97. The quantitative estimate of drug-likeness (QED) is 0.594. The molecule has 3 amide bonds. The highest BCUT2D eigenvalue weighted by molar-refractivity contribution is 6.07. The molecule has 1 saturated heterocycles. The molecule has 10 heteroatoms. The first-order valence-corrected chi connectivity index (χ1v) is 11.4. The molecule has 10 nitrogen and oxygen atoms in total. The average molecular weight is 470 g/mol. The van der Waals surface area contributed by atoms with E-state index in [1.165, 1.54) is 10.9 Å². The number of aryl methyl sites for hydroxylation is 1. The molecule has 0 bridgehead atoms. The van der Waals surface area contributed by atoms with Crippen LogP contribution in [0.25, 0.3) is 0 Å². The Morgan fingerprint density at radius 1 is 1.26 bits per heavy atom. The third kappa shape index (κ3) is 4.83. The van der Waals surface area contributed by atoms with Crippen molar-refractivity contribution in [2.24, 2.45) is 7.05 Å². The average Bonchev–Trinajstić information content (AvgIpc) is 3.32. The Morgan fingerprint density at radius 2 is 2.00 bits per heavy atom. The molecule has 2 aromatic rings. The molecule has 2 aliphatic heterocycles. The molecule has 1 aromatic heterocycles. The van der Waals surface area contributed by atoms with E-state index in [1.807, 2.05) is 26.8 Å². The SMILES string of the molecule is Cn1nccc1C(=O)NC(COC(C)(C)C)C(=O)Nc1ccc2c(c1)NC(=O)C21CCOCC1. The maximum Gasteiger partial charge on any atom is 0.270 e. The van der Waals surface area contributed by atoms with Crippen molar-refractivity contribution in [1.29, 1.82) is 0 Å². The fourth-order valence-corrected chi connectivity index (χ4v) is 4.30. The number of benzene rings is 1. The molecular formula is C24H31N5O5. The lowest BCUT2D eigenvalue weighted by atomic mass is 9.75. The summed E-state index contributed by atoms with van der Waals surface area (Å²) in [7, 11) is 1.65. The lowest BCUT2D eigenvalue weighted by Crippen LogP contribution is -2.48. The summed E-state index contributed by atoms with van der Waals surface area (Å²) >= 11 is 0. The lowest BCUT2D eigenvalue weighted by Gasteiger charge is -2.31. The Kier molecular flexibility index (Phi) is 6.46. The fourth-order valence-electron chi connectivity index (χ4n) is 4.30. The standard InChI is InChI=1S/C24H31N5O5/c1-23(2,3)34-14-18(27-21(31)19-7-10-25-29(19)4)20(30)26-15-5-6-16-17(13-15)28-22(32)24(16)8-11-33-12-9-24/h5-7,10,13,18H,8-9,11-12,14H2,1-4H3,(H,26,30)(H,27,31)(H,28,32). The summed E-state index contributed by atoms with van der Waals surface area (Å²) < 4.78 is 12.7. The van der Waals surface area contributed by atoms with Gasteiger partial charge in [-0.2, -0.15) is 5.10 Å². The molecule has 3 N–H and O–H groups in total. The van der Waals surface area contributed by atoms with Crippen molar-refractivity contribution in [2.75, 3.05) is 30.5 Å². The number of ether oxygens (including phenoxy) is 2. The molecule has 3 heterocycles. The summed E-state index contributed by atoms with van der Waals surface area (Å²) in [6.07, 6.45) is 2.77. The van der Waals surface area contributed by atoms with Crippen LogP contribution in [0.2, 0.25) is 0 Å². The third-order valence-electron chi connectivity index (χ3n) is 6.19. The first-order chi connectivity index (χ1) is 16.1. The molecule has 0 aliphatic carbocycles. The van der Waals surface area contributed by atoms with Crippen LogP contribution in [-0.2, 0) is 31.5 Å². The summed E-state index contributed by atoms with van der Waals surface area (Å²) in [6.45, 7) is 6.69. The Labute approximate surface area is 198 Å². The van der Waals surface area contributed by atoms with E-state index in [-0.39, 0.29) is 12.5 Å². The number of anilines is 2. The maximum absolute atomic E-state index is 13.1. The van der Waals surface area contributed by atoms with Crippen LogP contribution < -0.4 is 16.0 Å². The first-order valence-electron chi connectivity index (χ1n) is 11.4. The van der Waals surface area contributed by atoms with Crippen molar-refractivity contribution in [1.82, 2.24) is 15.1 Å². The van der Waals surface area contributed by atoms with Gasteiger partial charge in [0.05, 0.1) is 17.6 Å². The van der Waals surface area contributed by atoms with Crippen LogP contribution in [0.5, 0.6) is 0 Å². The number of hydrogen-bond donors (Lipinski definition) is 3. The summed E-state index contributed by atoms with van der Waals surface area (Å²) in [5.74, 6) is -0.890. The highest BCUT2D eigenvalue weighted by Crippen LogP contribution is 2.45. The number of nitrogens with one attached hydrogen (secondary N) is 3. The van der Waals surface area contributed by atoms with Crippen molar-refractivity contribution in [3.63, 3.8) is 0 Å². The minimum atomic E-state index is -0.939. The van der Waals surface area contributed by atoms with Gasteiger partial charge >= 0.3 is 0 Å². The summed E-state index contributed by atoms with van der Waals surface area (Å²) in [4.78, 5) is 38.6. The molecule has 1 fully saturated rings. The molecule has 4 rings (SSSR count). The number of amides is 3. The summed E-state index contributed by atoms with van der Waals surface area (Å²) in [5.41, 5.74) is 1.39. The Balaban J connectivity index is 1.51. The number of rotatable bonds is 6. The van der Waals surface area contributed by atoms with Gasteiger partial charge in [0.2, 0.25) is 11.8 Å². The number of aromatic nitrogens is 2. The second-order valence-corrected chi connectivity index (χ2v) is 9.69. The zero-order valence-electron chi connectivity index (χ0n) is 19.9. The van der Waals surface area contributed by atoms with E-state index >= 15 is 0 Å². The van der Waals surface area contributed by atoms with Gasteiger partial charge in [0.1, 0.15) is 11.7 Å². The van der Waals surface area contributed by atoms with Crippen LogP contribution >= 0.6 is 0 Å². The zero-order valence-corrected chi connectivity index (χ0v) is 19.9. The molecule has 1 aromatic carbocycles. The second kappa shape index (κ2) is 9.19. The van der Waals surface area contributed by atoms with Crippen LogP contribution in [0.3, 0.4) is 0 Å². The number of carbonyl (C=O) groups excluding carboxylic acids is 3. The van der Waals surface area contributed by atoms with Crippen LogP contribution in [0.1, 0.15) is 49.7 Å². The van der Waals surface area contributed by atoms with E-state index in [0.29, 0.717) is 43.1 Å². The molecule has 0 radical (unpaired) electrons.